The Morgan fingerprint density at radius 3 is 2.67 bits per heavy atom. The second-order valence-electron chi connectivity index (χ2n) is 6.38. The maximum absolute atomic E-state index is 12.3. The Hall–Kier alpha value is -2.28. The van der Waals surface area contributed by atoms with E-state index >= 15 is 0 Å². The normalized spacial score (nSPS) is 15.3. The van der Waals surface area contributed by atoms with Gasteiger partial charge in [0, 0.05) is 44.0 Å². The van der Waals surface area contributed by atoms with Crippen molar-refractivity contribution in [1.29, 1.82) is 0 Å². The summed E-state index contributed by atoms with van der Waals surface area (Å²) in [5.74, 6) is 0.567. The summed E-state index contributed by atoms with van der Waals surface area (Å²) in [7, 11) is 2.11. The second-order valence-corrected chi connectivity index (χ2v) is 7.20. The van der Waals surface area contributed by atoms with Crippen LogP contribution in [0.1, 0.15) is 5.56 Å². The fourth-order valence-corrected chi connectivity index (χ4v) is 3.17. The smallest absolute Gasteiger partial charge is 0.248 e. The van der Waals surface area contributed by atoms with Crippen molar-refractivity contribution in [2.24, 2.45) is 0 Å². The van der Waals surface area contributed by atoms with E-state index in [0.717, 1.165) is 37.6 Å². The minimum atomic E-state index is -0.312. The Labute approximate surface area is 168 Å². The first kappa shape index (κ1) is 19.5. The largest absolute Gasteiger partial charge is 0.397 e. The molecule has 1 aromatic carbocycles. The van der Waals surface area contributed by atoms with Crippen LogP contribution in [0, 0.1) is 0 Å². The highest BCUT2D eigenvalue weighted by Gasteiger charge is 2.17. The van der Waals surface area contributed by atoms with Crippen molar-refractivity contribution in [3.8, 4) is 0 Å². The molecule has 0 unspecified atom stereocenters. The van der Waals surface area contributed by atoms with Gasteiger partial charge in [-0.15, -0.1) is 0 Å². The van der Waals surface area contributed by atoms with Gasteiger partial charge in [0.1, 0.15) is 5.82 Å². The Kier molecular flexibility index (Phi) is 6.21. The number of hydrogen-bond donors (Lipinski definition) is 2. The van der Waals surface area contributed by atoms with Gasteiger partial charge in [-0.05, 0) is 37.4 Å². The number of nitrogens with two attached hydrogens (primary N) is 1. The highest BCUT2D eigenvalue weighted by Crippen LogP contribution is 2.30. The third-order valence-electron chi connectivity index (χ3n) is 4.38. The molecule has 3 N–H and O–H groups in total. The summed E-state index contributed by atoms with van der Waals surface area (Å²) in [6.45, 7) is 3.77. The molecule has 6 nitrogen and oxygen atoms in total. The molecule has 1 fully saturated rings. The molecule has 0 atom stereocenters. The number of likely N-dealkylation sites (N-methyl/N-ethyl adjacent to an activating group) is 1. The molecule has 0 saturated carbocycles. The summed E-state index contributed by atoms with van der Waals surface area (Å²) >= 11 is 11.9. The van der Waals surface area contributed by atoms with Crippen LogP contribution in [0.15, 0.2) is 36.5 Å². The number of nitrogen functional groups attached to an aromatic ring is 1. The predicted molar refractivity (Wildman–Crippen MR) is 112 cm³/mol. The molecule has 2 heterocycles. The van der Waals surface area contributed by atoms with Crippen LogP contribution >= 0.6 is 23.2 Å². The van der Waals surface area contributed by atoms with Gasteiger partial charge in [0.25, 0.3) is 0 Å². The summed E-state index contributed by atoms with van der Waals surface area (Å²) in [4.78, 5) is 21.3. The average Bonchev–Trinajstić information content (AvgIpc) is 2.65. The van der Waals surface area contributed by atoms with Gasteiger partial charge in [0.05, 0.1) is 21.4 Å². The molecule has 0 spiro atoms. The van der Waals surface area contributed by atoms with Crippen LogP contribution in [0.4, 0.5) is 17.2 Å². The number of pyridine rings is 1. The second kappa shape index (κ2) is 8.61. The van der Waals surface area contributed by atoms with E-state index in [2.05, 4.69) is 27.1 Å². The number of anilines is 3. The van der Waals surface area contributed by atoms with Crippen molar-refractivity contribution in [3.05, 3.63) is 52.1 Å². The van der Waals surface area contributed by atoms with Crippen LogP contribution in [0.2, 0.25) is 10.0 Å². The first-order chi connectivity index (χ1) is 12.9. The molecule has 8 heteroatoms. The number of benzene rings is 1. The molecular weight excluding hydrogens is 385 g/mol. The van der Waals surface area contributed by atoms with E-state index in [1.165, 1.54) is 18.2 Å². The fraction of sp³-hybridized carbons (Fsp3) is 0.263. The minimum absolute atomic E-state index is 0.312. The number of rotatable bonds is 4. The van der Waals surface area contributed by atoms with Gasteiger partial charge < -0.3 is 20.9 Å². The molecule has 2 aromatic rings. The molecule has 142 valence electrons. The number of carbonyl (C=O) groups is 1. The quantitative estimate of drug-likeness (QED) is 0.602. The van der Waals surface area contributed by atoms with Crippen molar-refractivity contribution in [2.45, 2.75) is 0 Å². The van der Waals surface area contributed by atoms with Gasteiger partial charge in [-0.2, -0.15) is 0 Å². The van der Waals surface area contributed by atoms with Gasteiger partial charge in [0.2, 0.25) is 5.91 Å². The molecular formula is C19H21Cl2N5O. The van der Waals surface area contributed by atoms with Crippen molar-refractivity contribution in [2.75, 3.05) is 49.2 Å². The molecule has 3 rings (SSSR count). The predicted octanol–water partition coefficient (Wildman–Crippen LogP) is 3.37. The number of nitrogens with one attached hydrogen (secondary N) is 1. The van der Waals surface area contributed by atoms with E-state index in [4.69, 9.17) is 28.9 Å². The van der Waals surface area contributed by atoms with Crippen molar-refractivity contribution < 1.29 is 4.79 Å². The molecule has 1 aliphatic rings. The number of aromatic nitrogens is 1. The van der Waals surface area contributed by atoms with Crippen molar-refractivity contribution >= 4 is 52.4 Å². The molecule has 0 aliphatic carbocycles. The van der Waals surface area contributed by atoms with E-state index in [1.54, 1.807) is 12.3 Å². The Morgan fingerprint density at radius 2 is 1.93 bits per heavy atom. The van der Waals surface area contributed by atoms with E-state index < -0.39 is 0 Å². The first-order valence-corrected chi connectivity index (χ1v) is 9.31. The lowest BCUT2D eigenvalue weighted by Crippen LogP contribution is -2.45. The zero-order valence-electron chi connectivity index (χ0n) is 15.0. The van der Waals surface area contributed by atoms with Crippen LogP contribution in [0.3, 0.4) is 0 Å². The standard InChI is InChI=1S/C19H21Cl2N5O/c1-25-7-9-26(10-8-25)19-13(3-2-6-23-19)4-5-18(27)24-17-12-15(21)14(20)11-16(17)22/h2-6,11-12H,7-10,22H2,1H3,(H,24,27)/b5-4+. The average molecular weight is 406 g/mol. The SMILES string of the molecule is CN1CCN(c2ncccc2/C=C/C(=O)Nc2cc(Cl)c(Cl)cc2N)CC1. The van der Waals surface area contributed by atoms with Gasteiger partial charge in [-0.3, -0.25) is 4.79 Å². The molecule has 1 aromatic heterocycles. The van der Waals surface area contributed by atoms with Gasteiger partial charge >= 0.3 is 0 Å². The molecule has 1 saturated heterocycles. The third kappa shape index (κ3) is 4.91. The van der Waals surface area contributed by atoms with Crippen molar-refractivity contribution in [3.63, 3.8) is 0 Å². The molecule has 0 radical (unpaired) electrons. The molecule has 1 aliphatic heterocycles. The van der Waals surface area contributed by atoms with Gasteiger partial charge in [-0.25, -0.2) is 4.98 Å². The lowest BCUT2D eigenvalue weighted by molar-refractivity contribution is -0.111. The first-order valence-electron chi connectivity index (χ1n) is 8.56. The molecule has 0 bridgehead atoms. The number of nitrogens with zero attached hydrogens (tertiary/aromatic N) is 3. The van der Waals surface area contributed by atoms with E-state index in [9.17, 15) is 4.79 Å². The lowest BCUT2D eigenvalue weighted by atomic mass is 10.2. The van der Waals surface area contributed by atoms with Gasteiger partial charge in [-0.1, -0.05) is 23.2 Å². The summed E-state index contributed by atoms with van der Waals surface area (Å²) in [5.41, 5.74) is 7.54. The summed E-state index contributed by atoms with van der Waals surface area (Å²) < 4.78 is 0. The maximum atomic E-state index is 12.3. The van der Waals surface area contributed by atoms with E-state index in [1.807, 2.05) is 12.1 Å². The summed E-state index contributed by atoms with van der Waals surface area (Å²) in [5, 5.41) is 3.39. The number of halogens is 2. The number of carbonyl (C=O) groups excluding carboxylic acids is 1. The van der Waals surface area contributed by atoms with Gasteiger partial charge in [0.15, 0.2) is 0 Å². The zero-order chi connectivity index (χ0) is 19.4. The van der Waals surface area contributed by atoms with E-state index in [0.29, 0.717) is 21.4 Å². The van der Waals surface area contributed by atoms with Crippen LogP contribution in [-0.4, -0.2) is 49.0 Å². The zero-order valence-corrected chi connectivity index (χ0v) is 16.5. The monoisotopic (exact) mass is 405 g/mol. The minimum Gasteiger partial charge on any atom is -0.397 e. The van der Waals surface area contributed by atoms with Crippen LogP contribution in [0.25, 0.3) is 6.08 Å². The Bertz CT molecular complexity index is 863. The van der Waals surface area contributed by atoms with Crippen molar-refractivity contribution in [1.82, 2.24) is 9.88 Å². The summed E-state index contributed by atoms with van der Waals surface area (Å²) in [6, 6.07) is 6.84. The van der Waals surface area contributed by atoms with Crippen LogP contribution in [-0.2, 0) is 4.79 Å². The molecule has 1 amide bonds. The lowest BCUT2D eigenvalue weighted by Gasteiger charge is -2.33. The van der Waals surface area contributed by atoms with E-state index in [-0.39, 0.29) is 5.91 Å². The highest BCUT2D eigenvalue weighted by molar-refractivity contribution is 6.42. The number of piperazine rings is 1. The maximum Gasteiger partial charge on any atom is 0.248 e. The Morgan fingerprint density at radius 1 is 1.22 bits per heavy atom. The fourth-order valence-electron chi connectivity index (χ4n) is 2.83. The highest BCUT2D eigenvalue weighted by atomic mass is 35.5. The Balaban J connectivity index is 1.73. The number of hydrogen-bond acceptors (Lipinski definition) is 5. The molecule has 27 heavy (non-hydrogen) atoms. The van der Waals surface area contributed by atoms with Crippen LogP contribution < -0.4 is 16.0 Å². The van der Waals surface area contributed by atoms with Crippen LogP contribution in [0.5, 0.6) is 0 Å². The third-order valence-corrected chi connectivity index (χ3v) is 5.11. The number of amides is 1. The topological polar surface area (TPSA) is 74.5 Å². The summed E-state index contributed by atoms with van der Waals surface area (Å²) in [6.07, 6.45) is 4.98.